The number of carboxylic acids is 1. The minimum Gasteiger partial charge on any atom is -0.478 e. The quantitative estimate of drug-likeness (QED) is 0.861. The van der Waals surface area contributed by atoms with Crippen molar-refractivity contribution in [2.45, 2.75) is 12.6 Å². The van der Waals surface area contributed by atoms with Crippen LogP contribution in [0.2, 0.25) is 0 Å². The summed E-state index contributed by atoms with van der Waals surface area (Å²) in [5, 5.41) is 10.6. The van der Waals surface area contributed by atoms with Crippen LogP contribution in [0, 0.1) is 0 Å². The molecule has 0 saturated heterocycles. The standard InChI is InChI=1S/C10H8F3NO3/c11-10(12,13)5-8(15)14-7-4-2-1-3-6(7)9(16)17/h1-4H,5H2,(H,14,15)(H,16,17). The predicted molar refractivity (Wildman–Crippen MR) is 52.7 cm³/mol. The van der Waals surface area contributed by atoms with E-state index in [1.807, 2.05) is 5.32 Å². The second-order valence-electron chi connectivity index (χ2n) is 3.19. The first kappa shape index (κ1) is 13.0. The Labute approximate surface area is 94.1 Å². The molecule has 0 fully saturated rings. The Balaban J connectivity index is 2.82. The number of amides is 1. The van der Waals surface area contributed by atoms with Gasteiger partial charge in [-0.1, -0.05) is 12.1 Å². The highest BCUT2D eigenvalue weighted by Gasteiger charge is 2.31. The van der Waals surface area contributed by atoms with Crippen molar-refractivity contribution >= 4 is 17.6 Å². The number of anilines is 1. The average Bonchev–Trinajstić information content (AvgIpc) is 2.14. The highest BCUT2D eigenvalue weighted by Crippen LogP contribution is 2.21. The maximum Gasteiger partial charge on any atom is 0.397 e. The third kappa shape index (κ3) is 4.13. The second-order valence-corrected chi connectivity index (χ2v) is 3.19. The molecule has 0 radical (unpaired) electrons. The highest BCUT2D eigenvalue weighted by atomic mass is 19.4. The smallest absolute Gasteiger partial charge is 0.397 e. The molecule has 0 aromatic heterocycles. The van der Waals surface area contributed by atoms with Gasteiger partial charge >= 0.3 is 12.1 Å². The number of carboxylic acid groups (broad SMARTS) is 1. The van der Waals surface area contributed by atoms with Gasteiger partial charge in [0.1, 0.15) is 6.42 Å². The van der Waals surface area contributed by atoms with Gasteiger partial charge in [0.25, 0.3) is 0 Å². The van der Waals surface area contributed by atoms with Crippen molar-refractivity contribution < 1.29 is 27.9 Å². The summed E-state index contributed by atoms with van der Waals surface area (Å²) in [6.07, 6.45) is -6.27. The zero-order valence-corrected chi connectivity index (χ0v) is 8.41. The number of rotatable bonds is 3. The largest absolute Gasteiger partial charge is 0.478 e. The topological polar surface area (TPSA) is 66.4 Å². The van der Waals surface area contributed by atoms with E-state index in [0.717, 1.165) is 0 Å². The van der Waals surface area contributed by atoms with Crippen LogP contribution in [0.1, 0.15) is 16.8 Å². The number of halogens is 3. The fourth-order valence-electron chi connectivity index (χ4n) is 1.16. The Hall–Kier alpha value is -2.05. The molecule has 1 amide bonds. The molecule has 1 aromatic carbocycles. The maximum atomic E-state index is 11.9. The number of carbonyl (C=O) groups is 2. The van der Waals surface area contributed by atoms with E-state index in [4.69, 9.17) is 5.11 Å². The van der Waals surface area contributed by atoms with Gasteiger partial charge in [-0.3, -0.25) is 4.79 Å². The summed E-state index contributed by atoms with van der Waals surface area (Å²) in [4.78, 5) is 21.7. The molecule has 4 nitrogen and oxygen atoms in total. The van der Waals surface area contributed by atoms with Crippen molar-refractivity contribution in [2.75, 3.05) is 5.32 Å². The van der Waals surface area contributed by atoms with Crippen LogP contribution in [0.5, 0.6) is 0 Å². The number of hydrogen-bond acceptors (Lipinski definition) is 2. The van der Waals surface area contributed by atoms with E-state index in [9.17, 15) is 22.8 Å². The summed E-state index contributed by atoms with van der Waals surface area (Å²) in [6, 6.07) is 5.22. The Morgan fingerprint density at radius 3 is 2.35 bits per heavy atom. The van der Waals surface area contributed by atoms with Gasteiger partial charge in [-0.05, 0) is 12.1 Å². The van der Waals surface area contributed by atoms with E-state index >= 15 is 0 Å². The van der Waals surface area contributed by atoms with Crippen molar-refractivity contribution in [1.29, 1.82) is 0 Å². The molecular formula is C10H8F3NO3. The molecule has 1 rings (SSSR count). The van der Waals surface area contributed by atoms with E-state index < -0.39 is 24.5 Å². The van der Waals surface area contributed by atoms with Gasteiger partial charge in [0, 0.05) is 0 Å². The van der Waals surface area contributed by atoms with Crippen LogP contribution in [0.15, 0.2) is 24.3 Å². The molecule has 1 aromatic rings. The number of benzene rings is 1. The molecule has 0 atom stereocenters. The lowest BCUT2D eigenvalue weighted by Crippen LogP contribution is -2.22. The van der Waals surface area contributed by atoms with Crippen LogP contribution in [0.25, 0.3) is 0 Å². The molecule has 2 N–H and O–H groups in total. The van der Waals surface area contributed by atoms with Crippen LogP contribution in [0.3, 0.4) is 0 Å². The molecule has 0 saturated carbocycles. The van der Waals surface area contributed by atoms with Gasteiger partial charge in [-0.25, -0.2) is 4.79 Å². The van der Waals surface area contributed by atoms with Crippen LogP contribution >= 0.6 is 0 Å². The molecule has 7 heteroatoms. The summed E-state index contributed by atoms with van der Waals surface area (Å²) >= 11 is 0. The molecule has 0 bridgehead atoms. The fraction of sp³-hybridized carbons (Fsp3) is 0.200. The third-order valence-corrected chi connectivity index (χ3v) is 1.79. The Bertz CT molecular complexity index is 443. The first-order chi connectivity index (χ1) is 7.79. The molecule has 17 heavy (non-hydrogen) atoms. The highest BCUT2D eigenvalue weighted by molar-refractivity contribution is 6.00. The summed E-state index contributed by atoms with van der Waals surface area (Å²) < 4.78 is 35.7. The van der Waals surface area contributed by atoms with Crippen molar-refractivity contribution in [3.63, 3.8) is 0 Å². The Morgan fingerprint density at radius 2 is 1.82 bits per heavy atom. The second kappa shape index (κ2) is 4.86. The van der Waals surface area contributed by atoms with E-state index in [-0.39, 0.29) is 11.3 Å². The molecule has 0 aliphatic carbocycles. The van der Waals surface area contributed by atoms with Gasteiger partial charge in [-0.15, -0.1) is 0 Å². The van der Waals surface area contributed by atoms with Gasteiger partial charge in [0.05, 0.1) is 11.3 Å². The van der Waals surface area contributed by atoms with Crippen molar-refractivity contribution in [3.8, 4) is 0 Å². The molecule has 0 aliphatic rings. The van der Waals surface area contributed by atoms with Crippen LogP contribution < -0.4 is 5.32 Å². The molecule has 0 aliphatic heterocycles. The van der Waals surface area contributed by atoms with Gasteiger partial charge in [0.2, 0.25) is 5.91 Å². The van der Waals surface area contributed by atoms with Crippen LogP contribution in [-0.4, -0.2) is 23.2 Å². The maximum absolute atomic E-state index is 11.9. The van der Waals surface area contributed by atoms with Crippen molar-refractivity contribution in [2.24, 2.45) is 0 Å². The zero-order valence-electron chi connectivity index (χ0n) is 8.41. The Morgan fingerprint density at radius 1 is 1.24 bits per heavy atom. The molecule has 0 unspecified atom stereocenters. The summed E-state index contributed by atoms with van der Waals surface area (Å²) in [6.45, 7) is 0. The summed E-state index contributed by atoms with van der Waals surface area (Å²) in [7, 11) is 0. The molecule has 0 heterocycles. The number of alkyl halides is 3. The van der Waals surface area contributed by atoms with E-state index in [0.29, 0.717) is 0 Å². The van der Waals surface area contributed by atoms with Gasteiger partial charge in [0.15, 0.2) is 0 Å². The number of aromatic carboxylic acids is 1. The minimum atomic E-state index is -4.62. The van der Waals surface area contributed by atoms with Crippen molar-refractivity contribution in [3.05, 3.63) is 29.8 Å². The fourth-order valence-corrected chi connectivity index (χ4v) is 1.16. The Kier molecular flexibility index (Phi) is 3.72. The lowest BCUT2D eigenvalue weighted by molar-refractivity contribution is -0.150. The summed E-state index contributed by atoms with van der Waals surface area (Å²) in [5.41, 5.74) is -0.419. The number of para-hydroxylation sites is 1. The molecular weight excluding hydrogens is 239 g/mol. The van der Waals surface area contributed by atoms with E-state index in [1.165, 1.54) is 24.3 Å². The van der Waals surface area contributed by atoms with Crippen molar-refractivity contribution in [1.82, 2.24) is 0 Å². The minimum absolute atomic E-state index is 0.158. The molecule has 92 valence electrons. The lowest BCUT2D eigenvalue weighted by atomic mass is 10.2. The lowest BCUT2D eigenvalue weighted by Gasteiger charge is -2.09. The van der Waals surface area contributed by atoms with E-state index in [1.54, 1.807) is 0 Å². The third-order valence-electron chi connectivity index (χ3n) is 1.79. The monoisotopic (exact) mass is 247 g/mol. The first-order valence-corrected chi connectivity index (χ1v) is 4.48. The van der Waals surface area contributed by atoms with Crippen LogP contribution in [-0.2, 0) is 4.79 Å². The van der Waals surface area contributed by atoms with Crippen LogP contribution in [0.4, 0.5) is 18.9 Å². The number of carbonyl (C=O) groups excluding carboxylic acids is 1. The molecule has 0 spiro atoms. The number of nitrogens with one attached hydrogen (secondary N) is 1. The summed E-state index contributed by atoms with van der Waals surface area (Å²) in [5.74, 6) is -2.63. The number of hydrogen-bond donors (Lipinski definition) is 2. The zero-order chi connectivity index (χ0) is 13.1. The normalized spacial score (nSPS) is 11.0. The van der Waals surface area contributed by atoms with Gasteiger partial charge in [-0.2, -0.15) is 13.2 Å². The average molecular weight is 247 g/mol. The van der Waals surface area contributed by atoms with Gasteiger partial charge < -0.3 is 10.4 Å². The first-order valence-electron chi connectivity index (χ1n) is 4.48. The predicted octanol–water partition coefficient (Wildman–Crippen LogP) is 2.28. The van der Waals surface area contributed by atoms with E-state index in [2.05, 4.69) is 0 Å². The SMILES string of the molecule is O=C(CC(F)(F)F)Nc1ccccc1C(=O)O.